The number of alkyl halides is 3. The molecule has 0 atom stereocenters. The van der Waals surface area contributed by atoms with E-state index < -0.39 is 12.8 Å². The molecule has 0 heterocycles. The van der Waals surface area contributed by atoms with Crippen molar-refractivity contribution >= 4 is 26.7 Å². The molecular formula is C12H8BrF3O. The zero-order valence-corrected chi connectivity index (χ0v) is 10.2. The van der Waals surface area contributed by atoms with Gasteiger partial charge >= 0.3 is 6.18 Å². The van der Waals surface area contributed by atoms with Gasteiger partial charge in [-0.2, -0.15) is 13.2 Å². The normalized spacial score (nSPS) is 11.8. The molecule has 90 valence electrons. The van der Waals surface area contributed by atoms with Crippen LogP contribution in [0.25, 0.3) is 10.8 Å². The van der Waals surface area contributed by atoms with Crippen LogP contribution in [-0.2, 0) is 0 Å². The molecule has 0 bridgehead atoms. The molecular weight excluding hydrogens is 297 g/mol. The van der Waals surface area contributed by atoms with E-state index in [1.54, 1.807) is 12.1 Å². The Morgan fingerprint density at radius 3 is 2.41 bits per heavy atom. The van der Waals surface area contributed by atoms with Crippen LogP contribution in [0.2, 0.25) is 0 Å². The van der Waals surface area contributed by atoms with Gasteiger partial charge in [-0.1, -0.05) is 28.1 Å². The van der Waals surface area contributed by atoms with Gasteiger partial charge in [-0.25, -0.2) is 0 Å². The van der Waals surface area contributed by atoms with Gasteiger partial charge in [0.1, 0.15) is 5.75 Å². The lowest BCUT2D eigenvalue weighted by Crippen LogP contribution is -2.19. The Kier molecular flexibility index (Phi) is 3.28. The van der Waals surface area contributed by atoms with Gasteiger partial charge in [0.2, 0.25) is 0 Å². The highest BCUT2D eigenvalue weighted by molar-refractivity contribution is 9.10. The van der Waals surface area contributed by atoms with E-state index >= 15 is 0 Å². The molecule has 0 aliphatic heterocycles. The van der Waals surface area contributed by atoms with Crippen LogP contribution in [0.15, 0.2) is 40.9 Å². The van der Waals surface area contributed by atoms with Crippen LogP contribution in [-0.4, -0.2) is 12.8 Å². The molecule has 0 unspecified atom stereocenters. The summed E-state index contributed by atoms with van der Waals surface area (Å²) in [4.78, 5) is 0. The van der Waals surface area contributed by atoms with E-state index in [4.69, 9.17) is 0 Å². The third-order valence-corrected chi connectivity index (χ3v) is 2.67. The van der Waals surface area contributed by atoms with Gasteiger partial charge in [0.15, 0.2) is 6.61 Å². The molecule has 1 nitrogen and oxygen atoms in total. The summed E-state index contributed by atoms with van der Waals surface area (Å²) >= 11 is 3.31. The van der Waals surface area contributed by atoms with Gasteiger partial charge in [0.05, 0.1) is 0 Å². The molecule has 0 N–H and O–H groups in total. The first-order valence-electron chi connectivity index (χ1n) is 4.83. The summed E-state index contributed by atoms with van der Waals surface area (Å²) < 4.78 is 41.5. The summed E-state index contributed by atoms with van der Waals surface area (Å²) in [7, 11) is 0. The highest BCUT2D eigenvalue weighted by atomic mass is 79.9. The maximum absolute atomic E-state index is 12.0. The number of fused-ring (bicyclic) bond motifs is 1. The van der Waals surface area contributed by atoms with Gasteiger partial charge in [-0.15, -0.1) is 0 Å². The van der Waals surface area contributed by atoms with Crippen LogP contribution in [0.4, 0.5) is 13.2 Å². The zero-order valence-electron chi connectivity index (χ0n) is 8.59. The molecule has 2 aromatic rings. The van der Waals surface area contributed by atoms with E-state index in [1.807, 2.05) is 18.2 Å². The maximum Gasteiger partial charge on any atom is 0.422 e. The van der Waals surface area contributed by atoms with Gasteiger partial charge in [0, 0.05) is 4.47 Å². The largest absolute Gasteiger partial charge is 0.484 e. The van der Waals surface area contributed by atoms with Crippen molar-refractivity contribution in [3.63, 3.8) is 0 Å². The molecule has 0 spiro atoms. The molecule has 0 saturated carbocycles. The lowest BCUT2D eigenvalue weighted by molar-refractivity contribution is -0.153. The monoisotopic (exact) mass is 304 g/mol. The molecule has 0 radical (unpaired) electrons. The quantitative estimate of drug-likeness (QED) is 0.791. The van der Waals surface area contributed by atoms with E-state index in [0.29, 0.717) is 0 Å². The third-order valence-electron chi connectivity index (χ3n) is 2.18. The summed E-state index contributed by atoms with van der Waals surface area (Å²) in [5.41, 5.74) is 0. The molecule has 5 heteroatoms. The van der Waals surface area contributed by atoms with Gasteiger partial charge in [-0.3, -0.25) is 0 Å². The summed E-state index contributed by atoms with van der Waals surface area (Å²) in [5.74, 6) is 0.216. The molecule has 0 aromatic heterocycles. The minimum Gasteiger partial charge on any atom is -0.484 e. The lowest BCUT2D eigenvalue weighted by Gasteiger charge is -2.09. The summed E-state index contributed by atoms with van der Waals surface area (Å²) in [6.07, 6.45) is -4.31. The highest BCUT2D eigenvalue weighted by Crippen LogP contribution is 2.25. The van der Waals surface area contributed by atoms with Gasteiger partial charge in [-0.05, 0) is 35.0 Å². The van der Waals surface area contributed by atoms with Crippen LogP contribution in [0.3, 0.4) is 0 Å². The topological polar surface area (TPSA) is 9.23 Å². The summed E-state index contributed by atoms with van der Waals surface area (Å²) in [5, 5.41) is 1.78. The first-order chi connectivity index (χ1) is 7.94. The third kappa shape index (κ3) is 3.36. The number of hydrogen-bond acceptors (Lipinski definition) is 1. The molecule has 2 aromatic carbocycles. The number of rotatable bonds is 2. The Labute approximate surface area is 104 Å². The van der Waals surface area contributed by atoms with Gasteiger partial charge < -0.3 is 4.74 Å². The van der Waals surface area contributed by atoms with Gasteiger partial charge in [0.25, 0.3) is 0 Å². The fourth-order valence-corrected chi connectivity index (χ4v) is 1.83. The molecule has 17 heavy (non-hydrogen) atoms. The standard InChI is InChI=1S/C12H8BrF3O/c13-10-3-1-8-2-4-11(6-9(8)5-10)17-7-12(14,15)16/h1-6H,7H2. The fourth-order valence-electron chi connectivity index (χ4n) is 1.45. The second-order valence-corrected chi connectivity index (χ2v) is 4.47. The molecule has 2 rings (SSSR count). The first kappa shape index (κ1) is 12.2. The van der Waals surface area contributed by atoms with Crippen molar-refractivity contribution in [1.82, 2.24) is 0 Å². The molecule has 0 aliphatic carbocycles. The lowest BCUT2D eigenvalue weighted by atomic mass is 10.1. The van der Waals surface area contributed by atoms with Crippen molar-refractivity contribution in [3.05, 3.63) is 40.9 Å². The molecule has 0 amide bonds. The number of halogens is 4. The Bertz CT molecular complexity index is 537. The van der Waals surface area contributed by atoms with Crippen LogP contribution in [0, 0.1) is 0 Å². The molecule has 0 fully saturated rings. The van der Waals surface area contributed by atoms with Crippen molar-refractivity contribution in [2.45, 2.75) is 6.18 Å². The Hall–Kier alpha value is -1.23. The van der Waals surface area contributed by atoms with Crippen LogP contribution < -0.4 is 4.74 Å². The second kappa shape index (κ2) is 4.56. The van der Waals surface area contributed by atoms with Crippen molar-refractivity contribution in [1.29, 1.82) is 0 Å². The summed E-state index contributed by atoms with van der Waals surface area (Å²) in [6.45, 7) is -1.27. The SMILES string of the molecule is FC(F)(F)COc1ccc2ccc(Br)cc2c1. The average molecular weight is 305 g/mol. The Balaban J connectivity index is 2.25. The van der Waals surface area contributed by atoms with Crippen LogP contribution in [0.1, 0.15) is 0 Å². The van der Waals surface area contributed by atoms with Crippen molar-refractivity contribution in [2.24, 2.45) is 0 Å². The molecule has 0 saturated heterocycles. The highest BCUT2D eigenvalue weighted by Gasteiger charge is 2.28. The second-order valence-electron chi connectivity index (χ2n) is 3.56. The Morgan fingerprint density at radius 2 is 1.71 bits per heavy atom. The maximum atomic E-state index is 12.0. The zero-order chi connectivity index (χ0) is 12.5. The van der Waals surface area contributed by atoms with Crippen molar-refractivity contribution in [3.8, 4) is 5.75 Å². The minimum absolute atomic E-state index is 0.216. The fraction of sp³-hybridized carbons (Fsp3) is 0.167. The van der Waals surface area contributed by atoms with E-state index in [1.165, 1.54) is 6.07 Å². The van der Waals surface area contributed by atoms with E-state index in [9.17, 15) is 13.2 Å². The van der Waals surface area contributed by atoms with Crippen LogP contribution >= 0.6 is 15.9 Å². The summed E-state index contributed by atoms with van der Waals surface area (Å²) in [6, 6.07) is 10.4. The van der Waals surface area contributed by atoms with Crippen LogP contribution in [0.5, 0.6) is 5.75 Å². The number of benzene rings is 2. The van der Waals surface area contributed by atoms with E-state index in [2.05, 4.69) is 20.7 Å². The average Bonchev–Trinajstić information content (AvgIpc) is 2.24. The van der Waals surface area contributed by atoms with E-state index in [0.717, 1.165) is 15.2 Å². The first-order valence-corrected chi connectivity index (χ1v) is 5.62. The van der Waals surface area contributed by atoms with Crippen molar-refractivity contribution < 1.29 is 17.9 Å². The van der Waals surface area contributed by atoms with E-state index in [-0.39, 0.29) is 5.75 Å². The smallest absolute Gasteiger partial charge is 0.422 e. The minimum atomic E-state index is -4.31. The number of ether oxygens (including phenoxy) is 1. The number of hydrogen-bond donors (Lipinski definition) is 0. The predicted octanol–water partition coefficient (Wildman–Crippen LogP) is 4.54. The van der Waals surface area contributed by atoms with Crippen molar-refractivity contribution in [2.75, 3.05) is 6.61 Å². The molecule has 0 aliphatic rings. The Morgan fingerprint density at radius 1 is 1.00 bits per heavy atom. The predicted molar refractivity (Wildman–Crippen MR) is 63.2 cm³/mol.